The van der Waals surface area contributed by atoms with Gasteiger partial charge in [0.25, 0.3) is 5.56 Å². The van der Waals surface area contributed by atoms with Crippen molar-refractivity contribution in [3.8, 4) is 0 Å². The fraction of sp³-hybridized carbons (Fsp3) is 0.400. The lowest BCUT2D eigenvalue weighted by Crippen LogP contribution is -2.24. The maximum atomic E-state index is 13.1. The highest BCUT2D eigenvalue weighted by atomic mass is 32.1. The molecule has 0 amide bonds. The van der Waals surface area contributed by atoms with E-state index in [1.807, 2.05) is 6.92 Å². The van der Waals surface area contributed by atoms with E-state index in [0.29, 0.717) is 19.0 Å². The molecular weight excluding hydrogens is 330 g/mol. The smallest absolute Gasteiger partial charge is 0.263 e. The number of aromatic nitrogens is 2. The number of rotatable bonds is 4. The molecule has 1 aliphatic rings. The number of thiophene rings is 1. The van der Waals surface area contributed by atoms with Gasteiger partial charge in [-0.05, 0) is 50.7 Å². The molecule has 0 radical (unpaired) electrons. The largest absolute Gasteiger partial charge is 0.351 e. The molecule has 25 heavy (non-hydrogen) atoms. The van der Waals surface area contributed by atoms with Gasteiger partial charge in [-0.1, -0.05) is 29.8 Å². The van der Waals surface area contributed by atoms with Crippen LogP contribution in [0.4, 0.5) is 5.95 Å². The first kappa shape index (κ1) is 16.3. The average molecular weight is 353 g/mol. The van der Waals surface area contributed by atoms with Gasteiger partial charge in [0, 0.05) is 18.0 Å². The fourth-order valence-corrected chi connectivity index (χ4v) is 4.92. The van der Waals surface area contributed by atoms with E-state index in [0.717, 1.165) is 23.1 Å². The van der Waals surface area contributed by atoms with Gasteiger partial charge in [-0.3, -0.25) is 9.36 Å². The van der Waals surface area contributed by atoms with Crippen molar-refractivity contribution in [3.05, 3.63) is 56.2 Å². The van der Waals surface area contributed by atoms with E-state index in [9.17, 15) is 4.79 Å². The third kappa shape index (κ3) is 2.97. The maximum Gasteiger partial charge on any atom is 0.263 e. The van der Waals surface area contributed by atoms with Gasteiger partial charge in [-0.15, -0.1) is 11.3 Å². The van der Waals surface area contributed by atoms with Gasteiger partial charge in [0.1, 0.15) is 4.83 Å². The quantitative estimate of drug-likeness (QED) is 0.762. The molecule has 4 rings (SSSR count). The summed E-state index contributed by atoms with van der Waals surface area (Å²) in [5.74, 6) is 0.681. The van der Waals surface area contributed by atoms with Gasteiger partial charge in [0.15, 0.2) is 0 Å². The normalized spacial score (nSPS) is 13.8. The number of nitrogens with one attached hydrogen (secondary N) is 1. The van der Waals surface area contributed by atoms with E-state index in [2.05, 4.69) is 36.5 Å². The third-order valence-corrected chi connectivity index (χ3v) is 6.11. The van der Waals surface area contributed by atoms with Gasteiger partial charge in [-0.25, -0.2) is 4.98 Å². The fourth-order valence-electron chi connectivity index (χ4n) is 3.67. The van der Waals surface area contributed by atoms with Crippen LogP contribution in [0.5, 0.6) is 0 Å². The summed E-state index contributed by atoms with van der Waals surface area (Å²) < 4.78 is 1.78. The lowest BCUT2D eigenvalue weighted by Gasteiger charge is -2.13. The minimum atomic E-state index is 0.110. The minimum Gasteiger partial charge on any atom is -0.351 e. The first-order valence-electron chi connectivity index (χ1n) is 9.02. The van der Waals surface area contributed by atoms with Crippen molar-refractivity contribution in [2.45, 2.75) is 52.6 Å². The van der Waals surface area contributed by atoms with Crippen LogP contribution in [0.3, 0.4) is 0 Å². The molecule has 0 aliphatic heterocycles. The van der Waals surface area contributed by atoms with Crippen LogP contribution in [0.1, 0.15) is 41.3 Å². The lowest BCUT2D eigenvalue weighted by atomic mass is 9.97. The molecule has 2 heterocycles. The van der Waals surface area contributed by atoms with Crippen LogP contribution < -0.4 is 10.9 Å². The van der Waals surface area contributed by atoms with Gasteiger partial charge in [0.2, 0.25) is 5.95 Å². The molecular formula is C20H23N3OS. The van der Waals surface area contributed by atoms with Crippen molar-refractivity contribution < 1.29 is 0 Å². The Hall–Kier alpha value is -2.14. The average Bonchev–Trinajstić information content (AvgIpc) is 2.98. The molecule has 1 aromatic carbocycles. The molecule has 0 atom stereocenters. The standard InChI is InChI=1S/C20H23N3OS/c1-3-23-19(24)17-15-9-4-5-10-16(15)25-18(17)22-20(23)21-12-14-8-6-7-13(2)11-14/h6-8,11H,3-5,9-10,12H2,1-2H3,(H,21,22). The first-order chi connectivity index (χ1) is 12.2. The Bertz CT molecular complexity index is 987. The number of nitrogens with zero attached hydrogens (tertiary/aromatic N) is 2. The summed E-state index contributed by atoms with van der Waals surface area (Å²) in [7, 11) is 0. The molecule has 3 aromatic rings. The second kappa shape index (κ2) is 6.64. The zero-order valence-corrected chi connectivity index (χ0v) is 15.6. The predicted molar refractivity (Wildman–Crippen MR) is 105 cm³/mol. The molecule has 0 unspecified atom stereocenters. The van der Waals surface area contributed by atoms with E-state index in [1.54, 1.807) is 15.9 Å². The maximum absolute atomic E-state index is 13.1. The van der Waals surface area contributed by atoms with E-state index < -0.39 is 0 Å². The molecule has 130 valence electrons. The van der Waals surface area contributed by atoms with Crippen LogP contribution in [0.2, 0.25) is 0 Å². The number of fused-ring (bicyclic) bond motifs is 3. The molecule has 1 aliphatic carbocycles. The topological polar surface area (TPSA) is 46.9 Å². The highest BCUT2D eigenvalue weighted by Gasteiger charge is 2.21. The molecule has 4 nitrogen and oxygen atoms in total. The monoisotopic (exact) mass is 353 g/mol. The third-order valence-electron chi connectivity index (χ3n) is 4.92. The number of hydrogen-bond acceptors (Lipinski definition) is 4. The van der Waals surface area contributed by atoms with Gasteiger partial charge in [-0.2, -0.15) is 0 Å². The molecule has 0 bridgehead atoms. The number of hydrogen-bond donors (Lipinski definition) is 1. The lowest BCUT2D eigenvalue weighted by molar-refractivity contribution is 0.695. The van der Waals surface area contributed by atoms with Crippen molar-refractivity contribution >= 4 is 27.5 Å². The summed E-state index contributed by atoms with van der Waals surface area (Å²) in [6.45, 7) is 5.39. The van der Waals surface area contributed by atoms with Crippen LogP contribution in [0.25, 0.3) is 10.2 Å². The summed E-state index contributed by atoms with van der Waals surface area (Å²) in [5.41, 5.74) is 3.80. The Morgan fingerprint density at radius 2 is 2.12 bits per heavy atom. The van der Waals surface area contributed by atoms with E-state index in [4.69, 9.17) is 4.98 Å². The molecule has 0 saturated carbocycles. The summed E-state index contributed by atoms with van der Waals surface area (Å²) >= 11 is 1.71. The van der Waals surface area contributed by atoms with Gasteiger partial charge >= 0.3 is 0 Å². The first-order valence-corrected chi connectivity index (χ1v) is 9.83. The van der Waals surface area contributed by atoms with Gasteiger partial charge < -0.3 is 5.32 Å². The van der Waals surface area contributed by atoms with Gasteiger partial charge in [0.05, 0.1) is 5.39 Å². The number of anilines is 1. The van der Waals surface area contributed by atoms with Crippen molar-refractivity contribution in [1.82, 2.24) is 9.55 Å². The highest BCUT2D eigenvalue weighted by Crippen LogP contribution is 2.34. The van der Waals surface area contributed by atoms with Crippen molar-refractivity contribution in [2.75, 3.05) is 5.32 Å². The molecule has 0 fully saturated rings. The zero-order chi connectivity index (χ0) is 17.4. The molecule has 2 aromatic heterocycles. The minimum absolute atomic E-state index is 0.110. The Morgan fingerprint density at radius 3 is 2.92 bits per heavy atom. The van der Waals surface area contributed by atoms with Crippen molar-refractivity contribution in [3.63, 3.8) is 0 Å². The van der Waals surface area contributed by atoms with E-state index in [1.165, 1.54) is 34.4 Å². The Morgan fingerprint density at radius 1 is 1.28 bits per heavy atom. The zero-order valence-electron chi connectivity index (χ0n) is 14.8. The second-order valence-electron chi connectivity index (χ2n) is 6.72. The van der Waals surface area contributed by atoms with Crippen LogP contribution in [-0.2, 0) is 25.9 Å². The Balaban J connectivity index is 1.74. The second-order valence-corrected chi connectivity index (χ2v) is 7.80. The van der Waals surface area contributed by atoms with E-state index >= 15 is 0 Å². The van der Waals surface area contributed by atoms with Crippen molar-refractivity contribution in [1.29, 1.82) is 0 Å². The molecule has 5 heteroatoms. The number of benzene rings is 1. The summed E-state index contributed by atoms with van der Waals surface area (Å²) in [4.78, 5) is 20.1. The summed E-state index contributed by atoms with van der Waals surface area (Å²) in [6.07, 6.45) is 4.51. The van der Waals surface area contributed by atoms with Crippen LogP contribution in [0.15, 0.2) is 29.1 Å². The van der Waals surface area contributed by atoms with E-state index in [-0.39, 0.29) is 5.56 Å². The SMILES string of the molecule is CCn1c(NCc2cccc(C)c2)nc2sc3c(c2c1=O)CCCC3. The van der Waals surface area contributed by atoms with Crippen LogP contribution >= 0.6 is 11.3 Å². The summed E-state index contributed by atoms with van der Waals surface area (Å²) in [5, 5.41) is 4.24. The molecule has 0 spiro atoms. The summed E-state index contributed by atoms with van der Waals surface area (Å²) in [6, 6.07) is 8.40. The Labute approximate surface area is 151 Å². The molecule has 1 N–H and O–H groups in total. The van der Waals surface area contributed by atoms with Crippen LogP contribution in [-0.4, -0.2) is 9.55 Å². The van der Waals surface area contributed by atoms with Crippen molar-refractivity contribution in [2.24, 2.45) is 0 Å². The predicted octanol–water partition coefficient (Wildman–Crippen LogP) is 4.28. The number of aryl methyl sites for hydroxylation is 3. The highest BCUT2D eigenvalue weighted by molar-refractivity contribution is 7.18. The molecule has 0 saturated heterocycles. The van der Waals surface area contributed by atoms with Crippen LogP contribution in [0, 0.1) is 6.92 Å². The Kier molecular flexibility index (Phi) is 4.34.